The number of hydrogen-bond donors (Lipinski definition) is 1. The number of pyridine rings is 1. The summed E-state index contributed by atoms with van der Waals surface area (Å²) in [4.78, 5) is 14.7. The first-order chi connectivity index (χ1) is 9.61. The third-order valence-electron chi connectivity index (χ3n) is 3.84. The van der Waals surface area contributed by atoms with E-state index >= 15 is 0 Å². The zero-order chi connectivity index (χ0) is 15.8. The number of nitrogens with zero attached hydrogens (tertiary/aromatic N) is 1. The third kappa shape index (κ3) is 3.11. The highest BCUT2D eigenvalue weighted by Crippen LogP contribution is 2.40. The molecule has 0 aliphatic heterocycles. The van der Waals surface area contributed by atoms with E-state index in [0.29, 0.717) is 25.0 Å². The van der Waals surface area contributed by atoms with Gasteiger partial charge in [0.1, 0.15) is 11.5 Å². The fourth-order valence-corrected chi connectivity index (χ4v) is 2.31. The summed E-state index contributed by atoms with van der Waals surface area (Å²) < 4.78 is 43.8. The zero-order valence-electron chi connectivity index (χ0n) is 11.7. The molecular weight excluding hydrogens is 287 g/mol. The molecule has 1 aromatic rings. The Labute approximate surface area is 119 Å². The van der Waals surface area contributed by atoms with Crippen LogP contribution in [0.2, 0.25) is 0 Å². The summed E-state index contributed by atoms with van der Waals surface area (Å²) in [6.07, 6.45) is -4.99. The molecule has 1 N–H and O–H groups in total. The van der Waals surface area contributed by atoms with Crippen LogP contribution >= 0.6 is 0 Å². The van der Waals surface area contributed by atoms with E-state index in [4.69, 9.17) is 9.84 Å². The number of fused-ring (bicyclic) bond motifs is 1. The number of rotatable bonds is 2. The van der Waals surface area contributed by atoms with Crippen LogP contribution in [0.25, 0.3) is 0 Å². The van der Waals surface area contributed by atoms with E-state index in [9.17, 15) is 18.0 Å². The maximum Gasteiger partial charge on any atom is 0.506 e. The van der Waals surface area contributed by atoms with Gasteiger partial charge in [-0.05, 0) is 38.3 Å². The molecule has 0 bridgehead atoms. The van der Waals surface area contributed by atoms with Crippen LogP contribution in [0.3, 0.4) is 0 Å². The lowest BCUT2D eigenvalue weighted by molar-refractivity contribution is -0.181. The summed E-state index contributed by atoms with van der Waals surface area (Å²) in [6.45, 7) is 2.20. The number of aryl methyl sites for hydroxylation is 1. The van der Waals surface area contributed by atoms with Gasteiger partial charge >= 0.3 is 12.3 Å². The molecule has 0 radical (unpaired) electrons. The first kappa shape index (κ1) is 15.6. The first-order valence-corrected chi connectivity index (χ1v) is 6.57. The summed E-state index contributed by atoms with van der Waals surface area (Å²) in [5.41, 5.74) is -0.702. The van der Waals surface area contributed by atoms with Crippen LogP contribution in [0.5, 0.6) is 0 Å². The third-order valence-corrected chi connectivity index (χ3v) is 3.84. The number of hydrogen-bond acceptors (Lipinski definition) is 3. The fourth-order valence-electron chi connectivity index (χ4n) is 2.31. The summed E-state index contributed by atoms with van der Waals surface area (Å²) in [7, 11) is 0. The Morgan fingerprint density at radius 2 is 2.05 bits per heavy atom. The molecule has 0 spiro atoms. The summed E-state index contributed by atoms with van der Waals surface area (Å²) >= 11 is 0. The van der Waals surface area contributed by atoms with Crippen LogP contribution in [0.1, 0.15) is 37.2 Å². The molecule has 7 heteroatoms. The number of carbonyl (C=O) groups is 1. The van der Waals surface area contributed by atoms with Gasteiger partial charge in [-0.2, -0.15) is 13.2 Å². The van der Waals surface area contributed by atoms with Crippen molar-refractivity contribution < 1.29 is 27.8 Å². The molecule has 0 aromatic carbocycles. The van der Waals surface area contributed by atoms with Crippen LogP contribution < -0.4 is 0 Å². The van der Waals surface area contributed by atoms with Crippen molar-refractivity contribution in [2.75, 3.05) is 0 Å². The Bertz CT molecular complexity index is 555. The van der Waals surface area contributed by atoms with Crippen molar-refractivity contribution in [3.8, 4) is 0 Å². The zero-order valence-corrected chi connectivity index (χ0v) is 11.7. The highest BCUT2D eigenvalue weighted by molar-refractivity contribution is 5.57. The van der Waals surface area contributed by atoms with Gasteiger partial charge in [0, 0.05) is 12.1 Å². The Hall–Kier alpha value is -1.79. The van der Waals surface area contributed by atoms with Crippen LogP contribution in [0.4, 0.5) is 18.0 Å². The van der Waals surface area contributed by atoms with Crippen molar-refractivity contribution in [1.82, 2.24) is 4.98 Å². The second-order valence-corrected chi connectivity index (χ2v) is 5.67. The smallest absolute Gasteiger partial charge is 0.450 e. The summed E-state index contributed by atoms with van der Waals surface area (Å²) in [5.74, 6) is 0. The Morgan fingerprint density at radius 3 is 2.62 bits per heavy atom. The summed E-state index contributed by atoms with van der Waals surface area (Å²) in [6, 6.07) is 2.94. The molecule has 1 aliphatic carbocycles. The van der Waals surface area contributed by atoms with Crippen molar-refractivity contribution in [3.63, 3.8) is 0 Å². The Balaban J connectivity index is 2.25. The van der Waals surface area contributed by atoms with E-state index in [0.717, 1.165) is 19.4 Å². The number of halogens is 3. The lowest BCUT2D eigenvalue weighted by Crippen LogP contribution is -2.37. The molecule has 0 unspecified atom stereocenters. The highest BCUT2D eigenvalue weighted by atomic mass is 19.4. The van der Waals surface area contributed by atoms with Crippen molar-refractivity contribution in [2.45, 2.75) is 50.8 Å². The lowest BCUT2D eigenvalue weighted by Gasteiger charge is -2.29. The van der Waals surface area contributed by atoms with Crippen LogP contribution in [0.15, 0.2) is 12.1 Å². The molecule has 1 atom stereocenters. The molecule has 21 heavy (non-hydrogen) atoms. The average molecular weight is 303 g/mol. The topological polar surface area (TPSA) is 59.4 Å². The average Bonchev–Trinajstić information content (AvgIpc) is 2.36. The van der Waals surface area contributed by atoms with Crippen LogP contribution in [0, 0.1) is 0 Å². The second-order valence-electron chi connectivity index (χ2n) is 5.67. The standard InChI is InChI=1S/C14H16F3NO3/c1-13(2,14(15,16)17)11-6-3-8-7-9(21-12(19)20)4-5-10(8)18-11/h3,6,9H,4-5,7H2,1-2H3,(H,19,20)/t9-/m1/s1. The van der Waals surface area contributed by atoms with Gasteiger partial charge < -0.3 is 9.84 Å². The Kier molecular flexibility index (Phi) is 3.86. The molecule has 4 nitrogen and oxygen atoms in total. The van der Waals surface area contributed by atoms with Crippen molar-refractivity contribution in [1.29, 1.82) is 0 Å². The summed E-state index contributed by atoms with van der Waals surface area (Å²) in [5, 5.41) is 8.59. The SMILES string of the molecule is CC(C)(c1ccc2c(n1)CC[C@@H](OC(=O)O)C2)C(F)(F)F. The largest absolute Gasteiger partial charge is 0.506 e. The van der Waals surface area contributed by atoms with Crippen LogP contribution in [-0.2, 0) is 23.0 Å². The highest BCUT2D eigenvalue weighted by Gasteiger charge is 2.49. The number of alkyl halides is 3. The maximum absolute atomic E-state index is 13.0. The fraction of sp³-hybridized carbons (Fsp3) is 0.571. The number of aromatic nitrogens is 1. The number of ether oxygens (including phenoxy) is 1. The molecular formula is C14H16F3NO3. The van der Waals surface area contributed by atoms with Crippen LogP contribution in [-0.4, -0.2) is 28.5 Å². The molecule has 116 valence electrons. The molecule has 2 rings (SSSR count). The van der Waals surface area contributed by atoms with Gasteiger partial charge in [-0.1, -0.05) is 6.07 Å². The van der Waals surface area contributed by atoms with Crippen molar-refractivity contribution in [3.05, 3.63) is 29.1 Å². The molecule has 0 fully saturated rings. The van der Waals surface area contributed by atoms with Gasteiger partial charge in [0.05, 0.1) is 5.69 Å². The van der Waals surface area contributed by atoms with Crippen molar-refractivity contribution in [2.24, 2.45) is 0 Å². The second kappa shape index (κ2) is 5.20. The first-order valence-electron chi connectivity index (χ1n) is 6.57. The van der Waals surface area contributed by atoms with Gasteiger partial charge in [-0.15, -0.1) is 0 Å². The van der Waals surface area contributed by atoms with Gasteiger partial charge in [-0.3, -0.25) is 4.98 Å². The molecule has 0 saturated carbocycles. The number of carboxylic acid groups (broad SMARTS) is 1. The molecule has 1 heterocycles. The van der Waals surface area contributed by atoms with E-state index in [1.54, 1.807) is 6.07 Å². The lowest BCUT2D eigenvalue weighted by atomic mass is 9.86. The Morgan fingerprint density at radius 1 is 1.38 bits per heavy atom. The minimum absolute atomic E-state index is 0.0219. The van der Waals surface area contributed by atoms with Gasteiger partial charge in [0.15, 0.2) is 0 Å². The molecule has 1 aromatic heterocycles. The predicted octanol–water partition coefficient (Wildman–Crippen LogP) is 3.47. The molecule has 0 amide bonds. The monoisotopic (exact) mass is 303 g/mol. The quantitative estimate of drug-likeness (QED) is 0.850. The maximum atomic E-state index is 13.0. The van der Waals surface area contributed by atoms with Gasteiger partial charge in [0.2, 0.25) is 0 Å². The van der Waals surface area contributed by atoms with Crippen molar-refractivity contribution >= 4 is 6.16 Å². The minimum atomic E-state index is -4.38. The van der Waals surface area contributed by atoms with E-state index in [1.807, 2.05) is 0 Å². The minimum Gasteiger partial charge on any atom is -0.450 e. The van der Waals surface area contributed by atoms with E-state index in [1.165, 1.54) is 6.07 Å². The van der Waals surface area contributed by atoms with E-state index in [-0.39, 0.29) is 5.69 Å². The molecule has 0 saturated heterocycles. The normalized spacial score (nSPS) is 19.0. The van der Waals surface area contributed by atoms with Gasteiger partial charge in [-0.25, -0.2) is 4.79 Å². The molecule has 1 aliphatic rings. The van der Waals surface area contributed by atoms with E-state index < -0.39 is 23.9 Å². The van der Waals surface area contributed by atoms with Gasteiger partial charge in [0.25, 0.3) is 0 Å². The van der Waals surface area contributed by atoms with E-state index in [2.05, 4.69) is 4.98 Å². The predicted molar refractivity (Wildman–Crippen MR) is 68.2 cm³/mol.